The molecule has 0 unspecified atom stereocenters. The van der Waals surface area contributed by atoms with Gasteiger partial charge in [0.05, 0.1) is 6.04 Å². The third-order valence-corrected chi connectivity index (χ3v) is 5.95. The summed E-state index contributed by atoms with van der Waals surface area (Å²) in [6, 6.07) is 7.09. The summed E-state index contributed by atoms with van der Waals surface area (Å²) in [7, 11) is 2.49. The van der Waals surface area contributed by atoms with Crippen molar-refractivity contribution in [3.63, 3.8) is 0 Å². The van der Waals surface area contributed by atoms with Crippen molar-refractivity contribution in [2.75, 3.05) is 21.3 Å². The zero-order valence-corrected chi connectivity index (χ0v) is 13.7. The standard InChI is InChI=1S/C14H26NO3Si/c1-13(2)12-14-8-6-7-9-15(14)10-11-19(16-3,17-4)18-5/h6-9,13H,10-12H2,1-5H3/q+1. The van der Waals surface area contributed by atoms with Gasteiger partial charge in [-0.25, -0.2) is 4.57 Å². The largest absolute Gasteiger partial charge is 0.506 e. The van der Waals surface area contributed by atoms with Crippen molar-refractivity contribution in [3.8, 4) is 0 Å². The van der Waals surface area contributed by atoms with Gasteiger partial charge in [-0.15, -0.1) is 0 Å². The van der Waals surface area contributed by atoms with Crippen LogP contribution in [0.25, 0.3) is 0 Å². The Hall–Kier alpha value is -0.753. The minimum absolute atomic E-state index is 0.642. The van der Waals surface area contributed by atoms with E-state index in [-0.39, 0.29) is 0 Å². The summed E-state index contributed by atoms with van der Waals surface area (Å²) < 4.78 is 18.6. The Bertz CT molecular complexity index is 372. The zero-order chi connectivity index (χ0) is 14.3. The van der Waals surface area contributed by atoms with E-state index in [1.54, 1.807) is 21.3 Å². The van der Waals surface area contributed by atoms with Crippen LogP contribution in [0.2, 0.25) is 6.04 Å². The highest BCUT2D eigenvalue weighted by Gasteiger charge is 2.39. The Kier molecular flexibility index (Phi) is 6.64. The topological polar surface area (TPSA) is 31.6 Å². The summed E-state index contributed by atoms with van der Waals surface area (Å²) in [6.07, 6.45) is 3.18. The number of hydrogen-bond donors (Lipinski definition) is 0. The first-order valence-electron chi connectivity index (χ1n) is 6.69. The van der Waals surface area contributed by atoms with Gasteiger partial charge in [-0.2, -0.15) is 0 Å². The summed E-state index contributed by atoms with van der Waals surface area (Å²) in [5, 5.41) is 0. The van der Waals surface area contributed by atoms with Crippen LogP contribution >= 0.6 is 0 Å². The second kappa shape index (κ2) is 7.74. The molecule has 0 fully saturated rings. The number of rotatable bonds is 8. The van der Waals surface area contributed by atoms with Crippen LogP contribution in [0.15, 0.2) is 24.4 Å². The summed E-state index contributed by atoms with van der Waals surface area (Å²) in [5.41, 5.74) is 1.34. The molecule has 19 heavy (non-hydrogen) atoms. The Morgan fingerprint density at radius 2 is 1.74 bits per heavy atom. The van der Waals surface area contributed by atoms with Crippen LogP contribution in [0.5, 0.6) is 0 Å². The molecular weight excluding hydrogens is 258 g/mol. The van der Waals surface area contributed by atoms with Gasteiger partial charge >= 0.3 is 8.80 Å². The molecule has 0 spiro atoms. The Morgan fingerprint density at radius 3 is 2.26 bits per heavy atom. The summed E-state index contributed by atoms with van der Waals surface area (Å²) in [5.74, 6) is 0.642. The van der Waals surface area contributed by atoms with Gasteiger partial charge in [-0.3, -0.25) is 0 Å². The van der Waals surface area contributed by atoms with E-state index in [0.717, 1.165) is 19.0 Å². The predicted octanol–water partition coefficient (Wildman–Crippen LogP) is 2.05. The number of nitrogens with zero attached hydrogens (tertiary/aromatic N) is 1. The predicted molar refractivity (Wildman–Crippen MR) is 76.8 cm³/mol. The molecule has 1 rings (SSSR count). The van der Waals surface area contributed by atoms with E-state index in [2.05, 4.69) is 42.8 Å². The third-order valence-electron chi connectivity index (χ3n) is 3.24. The van der Waals surface area contributed by atoms with E-state index in [1.807, 2.05) is 0 Å². The number of aryl methyl sites for hydroxylation is 1. The quantitative estimate of drug-likeness (QED) is 0.541. The van der Waals surface area contributed by atoms with E-state index in [1.165, 1.54) is 5.69 Å². The van der Waals surface area contributed by atoms with Crippen molar-refractivity contribution in [2.45, 2.75) is 32.9 Å². The summed E-state index contributed by atoms with van der Waals surface area (Å²) >= 11 is 0. The monoisotopic (exact) mass is 284 g/mol. The second-order valence-electron chi connectivity index (χ2n) is 5.03. The molecule has 1 aromatic rings. The van der Waals surface area contributed by atoms with Gasteiger partial charge in [0, 0.05) is 39.9 Å². The molecule has 5 heteroatoms. The van der Waals surface area contributed by atoms with E-state index in [0.29, 0.717) is 5.92 Å². The van der Waals surface area contributed by atoms with E-state index in [9.17, 15) is 0 Å². The lowest BCUT2D eigenvalue weighted by molar-refractivity contribution is -0.701. The molecule has 0 aliphatic heterocycles. The Labute approximate surface area is 117 Å². The van der Waals surface area contributed by atoms with Gasteiger partial charge in [0.15, 0.2) is 18.4 Å². The van der Waals surface area contributed by atoms with Crippen LogP contribution in [0.3, 0.4) is 0 Å². The van der Waals surface area contributed by atoms with Gasteiger partial charge in [-0.1, -0.05) is 19.9 Å². The van der Waals surface area contributed by atoms with E-state index < -0.39 is 8.80 Å². The second-order valence-corrected chi connectivity index (χ2v) is 8.12. The molecule has 108 valence electrons. The minimum atomic E-state index is -2.48. The lowest BCUT2D eigenvalue weighted by Gasteiger charge is -2.23. The number of pyridine rings is 1. The first kappa shape index (κ1) is 16.3. The van der Waals surface area contributed by atoms with Crippen LogP contribution in [0.1, 0.15) is 19.5 Å². The highest BCUT2D eigenvalue weighted by atomic mass is 28.4. The van der Waals surface area contributed by atoms with Gasteiger partial charge < -0.3 is 13.3 Å². The van der Waals surface area contributed by atoms with Crippen molar-refractivity contribution in [1.29, 1.82) is 0 Å². The van der Waals surface area contributed by atoms with Gasteiger partial charge in [0.2, 0.25) is 0 Å². The SMILES string of the molecule is CO[Si](CC[n+]1ccccc1CC(C)C)(OC)OC. The first-order chi connectivity index (χ1) is 9.06. The lowest BCUT2D eigenvalue weighted by atomic mass is 10.1. The molecule has 4 nitrogen and oxygen atoms in total. The molecule has 0 saturated heterocycles. The fourth-order valence-corrected chi connectivity index (χ4v) is 3.77. The van der Waals surface area contributed by atoms with Crippen LogP contribution in [-0.4, -0.2) is 30.1 Å². The molecule has 0 bridgehead atoms. The van der Waals surface area contributed by atoms with Crippen LogP contribution in [0, 0.1) is 5.92 Å². The fraction of sp³-hybridized carbons (Fsp3) is 0.643. The van der Waals surface area contributed by atoms with E-state index in [4.69, 9.17) is 13.3 Å². The first-order valence-corrected chi connectivity index (χ1v) is 8.63. The van der Waals surface area contributed by atoms with E-state index >= 15 is 0 Å². The average Bonchev–Trinajstić information content (AvgIpc) is 2.42. The summed E-state index contributed by atoms with van der Waals surface area (Å²) in [4.78, 5) is 0. The zero-order valence-electron chi connectivity index (χ0n) is 12.7. The molecule has 0 N–H and O–H groups in total. The molecule has 0 saturated carbocycles. The van der Waals surface area contributed by atoms with Crippen molar-refractivity contribution in [2.24, 2.45) is 5.92 Å². The van der Waals surface area contributed by atoms with Crippen LogP contribution in [-0.2, 0) is 26.2 Å². The van der Waals surface area contributed by atoms with Crippen LogP contribution in [0.4, 0.5) is 0 Å². The highest BCUT2D eigenvalue weighted by molar-refractivity contribution is 6.60. The molecule has 1 aromatic heterocycles. The molecule has 0 atom stereocenters. The minimum Gasteiger partial charge on any atom is -0.377 e. The van der Waals surface area contributed by atoms with Crippen molar-refractivity contribution >= 4 is 8.80 Å². The van der Waals surface area contributed by atoms with Crippen molar-refractivity contribution in [1.82, 2.24) is 0 Å². The van der Waals surface area contributed by atoms with Crippen molar-refractivity contribution < 1.29 is 17.8 Å². The number of hydrogen-bond acceptors (Lipinski definition) is 3. The normalized spacial score (nSPS) is 12.1. The molecule has 0 aliphatic rings. The maximum Gasteiger partial charge on any atom is 0.506 e. The van der Waals surface area contributed by atoms with Gasteiger partial charge in [0.1, 0.15) is 0 Å². The smallest absolute Gasteiger partial charge is 0.377 e. The molecular formula is C14H26NO3Si+. The molecule has 0 radical (unpaired) electrons. The van der Waals surface area contributed by atoms with Crippen molar-refractivity contribution in [3.05, 3.63) is 30.1 Å². The number of aromatic nitrogens is 1. The lowest BCUT2D eigenvalue weighted by Crippen LogP contribution is -2.48. The van der Waals surface area contributed by atoms with Gasteiger partial charge in [0.25, 0.3) is 0 Å². The third kappa shape index (κ3) is 4.69. The highest BCUT2D eigenvalue weighted by Crippen LogP contribution is 2.12. The summed E-state index contributed by atoms with van der Waals surface area (Å²) in [6.45, 7) is 5.32. The van der Waals surface area contributed by atoms with Gasteiger partial charge in [-0.05, 0) is 5.92 Å². The molecule has 0 aromatic carbocycles. The molecule has 0 amide bonds. The maximum absolute atomic E-state index is 5.46. The van der Waals surface area contributed by atoms with Crippen LogP contribution < -0.4 is 4.57 Å². The molecule has 0 aliphatic carbocycles. The fourth-order valence-electron chi connectivity index (χ4n) is 2.15. The Morgan fingerprint density at radius 1 is 1.11 bits per heavy atom. The molecule has 1 heterocycles. The Balaban J connectivity index is 2.76. The maximum atomic E-state index is 5.46. The average molecular weight is 284 g/mol.